The van der Waals surface area contributed by atoms with Crippen molar-refractivity contribution >= 4 is 11.8 Å². The third-order valence-electron chi connectivity index (χ3n) is 1.88. The Morgan fingerprint density at radius 1 is 1.62 bits per heavy atom. The van der Waals surface area contributed by atoms with Gasteiger partial charge in [0.05, 0.1) is 0 Å². The molecule has 0 atom stereocenters. The molecule has 13 heavy (non-hydrogen) atoms. The summed E-state index contributed by atoms with van der Waals surface area (Å²) in [6.07, 6.45) is 2.65. The first-order valence-electron chi connectivity index (χ1n) is 4.25. The van der Waals surface area contributed by atoms with Crippen LogP contribution in [-0.2, 0) is 6.54 Å². The Kier molecular flexibility index (Phi) is 3.99. The second-order valence-electron chi connectivity index (χ2n) is 2.93. The molecule has 4 heteroatoms. The molecule has 1 rings (SSSR count). The third kappa shape index (κ3) is 2.86. The summed E-state index contributed by atoms with van der Waals surface area (Å²) < 4.78 is 1.70. The van der Waals surface area contributed by atoms with Crippen LogP contribution in [0.1, 0.15) is 12.0 Å². The van der Waals surface area contributed by atoms with E-state index in [1.165, 1.54) is 0 Å². The fourth-order valence-electron chi connectivity index (χ4n) is 1.15. The number of hydrogen-bond acceptors (Lipinski definition) is 2. The zero-order valence-electron chi connectivity index (χ0n) is 7.59. The van der Waals surface area contributed by atoms with Gasteiger partial charge in [0.25, 0.3) is 5.56 Å². The highest BCUT2D eigenvalue weighted by molar-refractivity contribution is 6.13. The molecule has 0 aliphatic carbocycles. The molecule has 0 aromatic carbocycles. The van der Waals surface area contributed by atoms with Crippen molar-refractivity contribution in [3.8, 4) is 0 Å². The highest BCUT2D eigenvalue weighted by Crippen LogP contribution is 1.91. The van der Waals surface area contributed by atoms with E-state index in [4.69, 9.17) is 11.8 Å². The standard InChI is InChI=1S/C9H13ClN2O/c1-8-4-2-6-12(9(8)13)7-3-5-11-10/h2,4,6,11H,3,5,7H2,1H3. The van der Waals surface area contributed by atoms with Crippen molar-refractivity contribution in [1.82, 2.24) is 9.40 Å². The van der Waals surface area contributed by atoms with Gasteiger partial charge in [0, 0.05) is 24.8 Å². The van der Waals surface area contributed by atoms with Crippen molar-refractivity contribution in [2.24, 2.45) is 0 Å². The van der Waals surface area contributed by atoms with Crippen molar-refractivity contribution in [2.75, 3.05) is 6.54 Å². The largest absolute Gasteiger partial charge is 0.315 e. The molecule has 72 valence electrons. The van der Waals surface area contributed by atoms with Crippen LogP contribution >= 0.6 is 11.8 Å². The van der Waals surface area contributed by atoms with E-state index in [-0.39, 0.29) is 5.56 Å². The van der Waals surface area contributed by atoms with Gasteiger partial charge in [-0.3, -0.25) is 4.79 Å². The van der Waals surface area contributed by atoms with Crippen LogP contribution in [-0.4, -0.2) is 11.1 Å². The van der Waals surface area contributed by atoms with Crippen molar-refractivity contribution in [2.45, 2.75) is 19.9 Å². The third-order valence-corrected chi connectivity index (χ3v) is 2.07. The maximum Gasteiger partial charge on any atom is 0.253 e. The van der Waals surface area contributed by atoms with Crippen LogP contribution in [0, 0.1) is 6.92 Å². The van der Waals surface area contributed by atoms with Gasteiger partial charge in [-0.05, 0) is 31.2 Å². The molecule has 3 nitrogen and oxygen atoms in total. The Morgan fingerprint density at radius 3 is 3.08 bits per heavy atom. The molecule has 0 aliphatic rings. The van der Waals surface area contributed by atoms with Gasteiger partial charge in [-0.2, -0.15) is 0 Å². The molecular weight excluding hydrogens is 188 g/mol. The molecule has 1 heterocycles. The fraction of sp³-hybridized carbons (Fsp3) is 0.444. The van der Waals surface area contributed by atoms with Gasteiger partial charge >= 0.3 is 0 Å². The molecule has 0 unspecified atom stereocenters. The summed E-state index contributed by atoms with van der Waals surface area (Å²) >= 11 is 5.30. The number of aryl methyl sites for hydroxylation is 2. The normalized spacial score (nSPS) is 10.3. The molecule has 0 aliphatic heterocycles. The van der Waals surface area contributed by atoms with Gasteiger partial charge in [0.2, 0.25) is 0 Å². The molecule has 1 aromatic rings. The van der Waals surface area contributed by atoms with Crippen LogP contribution in [0.25, 0.3) is 0 Å². The minimum Gasteiger partial charge on any atom is -0.315 e. The fourth-order valence-corrected chi connectivity index (χ4v) is 1.28. The number of nitrogens with one attached hydrogen (secondary N) is 1. The number of nitrogens with zero attached hydrogens (tertiary/aromatic N) is 1. The molecule has 0 bridgehead atoms. The predicted molar refractivity (Wildman–Crippen MR) is 53.9 cm³/mol. The Labute approximate surface area is 82.4 Å². The maximum absolute atomic E-state index is 11.5. The summed E-state index contributed by atoms with van der Waals surface area (Å²) in [5.74, 6) is 0. The zero-order chi connectivity index (χ0) is 9.68. The number of aromatic nitrogens is 1. The molecule has 1 aromatic heterocycles. The summed E-state index contributed by atoms with van der Waals surface area (Å²) in [6, 6.07) is 3.70. The van der Waals surface area contributed by atoms with Crippen LogP contribution < -0.4 is 10.4 Å². The predicted octanol–water partition coefficient (Wildman–Crippen LogP) is 1.29. The lowest BCUT2D eigenvalue weighted by atomic mass is 10.3. The van der Waals surface area contributed by atoms with Gasteiger partial charge in [-0.1, -0.05) is 6.07 Å². The average molecular weight is 201 g/mol. The van der Waals surface area contributed by atoms with Crippen LogP contribution in [0.15, 0.2) is 23.1 Å². The molecule has 1 N–H and O–H groups in total. The monoisotopic (exact) mass is 200 g/mol. The number of hydrogen-bond donors (Lipinski definition) is 1. The van der Waals surface area contributed by atoms with Gasteiger partial charge in [0.1, 0.15) is 0 Å². The Morgan fingerprint density at radius 2 is 2.38 bits per heavy atom. The van der Waals surface area contributed by atoms with Gasteiger partial charge in [-0.15, -0.1) is 0 Å². The summed E-state index contributed by atoms with van der Waals surface area (Å²) in [4.78, 5) is 14.0. The van der Waals surface area contributed by atoms with Gasteiger partial charge < -0.3 is 4.57 Å². The van der Waals surface area contributed by atoms with E-state index in [9.17, 15) is 4.79 Å². The highest BCUT2D eigenvalue weighted by Gasteiger charge is 1.96. The minimum atomic E-state index is 0.0806. The van der Waals surface area contributed by atoms with Gasteiger partial charge in [-0.25, -0.2) is 4.84 Å². The number of halogens is 1. The highest BCUT2D eigenvalue weighted by atomic mass is 35.5. The van der Waals surface area contributed by atoms with Crippen LogP contribution in [0.5, 0.6) is 0 Å². The lowest BCUT2D eigenvalue weighted by molar-refractivity contribution is 0.615. The van der Waals surface area contributed by atoms with Crippen molar-refractivity contribution < 1.29 is 0 Å². The Balaban J connectivity index is 2.67. The van der Waals surface area contributed by atoms with E-state index < -0.39 is 0 Å². The van der Waals surface area contributed by atoms with E-state index in [2.05, 4.69) is 4.84 Å². The summed E-state index contributed by atoms with van der Waals surface area (Å²) in [6.45, 7) is 3.24. The van der Waals surface area contributed by atoms with Crippen LogP contribution in [0.3, 0.4) is 0 Å². The molecule has 0 fully saturated rings. The Hall–Kier alpha value is -0.800. The van der Waals surface area contributed by atoms with E-state index in [1.54, 1.807) is 10.8 Å². The number of pyridine rings is 1. The Bertz CT molecular complexity index is 322. The summed E-state index contributed by atoms with van der Waals surface area (Å²) in [7, 11) is 0. The van der Waals surface area contributed by atoms with Gasteiger partial charge in [0.15, 0.2) is 0 Å². The molecule has 0 saturated carbocycles. The smallest absolute Gasteiger partial charge is 0.253 e. The lowest BCUT2D eigenvalue weighted by Crippen LogP contribution is -2.22. The molecule has 0 spiro atoms. The first kappa shape index (κ1) is 10.3. The first-order chi connectivity index (χ1) is 6.25. The second-order valence-corrected chi connectivity index (χ2v) is 3.19. The zero-order valence-corrected chi connectivity index (χ0v) is 8.34. The quantitative estimate of drug-likeness (QED) is 0.587. The van der Waals surface area contributed by atoms with Crippen LogP contribution in [0.4, 0.5) is 0 Å². The second kappa shape index (κ2) is 5.04. The van der Waals surface area contributed by atoms with Crippen LogP contribution in [0.2, 0.25) is 0 Å². The van der Waals surface area contributed by atoms with Crippen molar-refractivity contribution in [3.63, 3.8) is 0 Å². The minimum absolute atomic E-state index is 0.0806. The molecular formula is C9H13ClN2O. The van der Waals surface area contributed by atoms with E-state index in [1.807, 2.05) is 19.1 Å². The summed E-state index contributed by atoms with van der Waals surface area (Å²) in [5, 5.41) is 0. The van der Waals surface area contributed by atoms with E-state index in [0.29, 0.717) is 13.1 Å². The maximum atomic E-state index is 11.5. The molecule has 0 saturated heterocycles. The van der Waals surface area contributed by atoms with Crippen molar-refractivity contribution in [1.29, 1.82) is 0 Å². The summed E-state index contributed by atoms with van der Waals surface area (Å²) in [5.41, 5.74) is 0.860. The topological polar surface area (TPSA) is 34.0 Å². The van der Waals surface area contributed by atoms with Crippen molar-refractivity contribution in [3.05, 3.63) is 34.2 Å². The SMILES string of the molecule is Cc1cccn(CCCNCl)c1=O. The molecule has 0 amide bonds. The average Bonchev–Trinajstić information content (AvgIpc) is 2.13. The first-order valence-corrected chi connectivity index (χ1v) is 4.63. The van der Waals surface area contributed by atoms with E-state index >= 15 is 0 Å². The number of rotatable bonds is 4. The lowest BCUT2D eigenvalue weighted by Gasteiger charge is -2.04. The molecule has 0 radical (unpaired) electrons. The van der Waals surface area contributed by atoms with E-state index in [0.717, 1.165) is 12.0 Å².